The zero-order chi connectivity index (χ0) is 14.0. The molecular weight excluding hydrogens is 283 g/mol. The van der Waals surface area contributed by atoms with E-state index in [-0.39, 0.29) is 0 Å². The highest BCUT2D eigenvalue weighted by Gasteiger charge is 2.29. The zero-order valence-electron chi connectivity index (χ0n) is 8.73. The number of methoxy groups -OCH3 is 1. The molecule has 1 aromatic rings. The molecule has 9 heteroatoms. The minimum absolute atomic E-state index is 0.915. The predicted octanol–water partition coefficient (Wildman–Crippen LogP) is 1.66. The fourth-order valence-corrected chi connectivity index (χ4v) is 2.08. The average molecular weight is 288 g/mol. The molecule has 0 aliphatic heterocycles. The molecule has 0 bridgehead atoms. The molecule has 1 atom stereocenters. The highest BCUT2D eigenvalue weighted by Crippen LogP contribution is 2.25. The first-order valence-electron chi connectivity index (χ1n) is 4.27. The minimum Gasteiger partial charge on any atom is -0.468 e. The number of esters is 1. The Hall–Kier alpha value is -1.51. The summed E-state index contributed by atoms with van der Waals surface area (Å²) in [4.78, 5) is 9.19. The second kappa shape index (κ2) is 5.42. The lowest BCUT2D eigenvalue weighted by Crippen LogP contribution is -2.16. The fourth-order valence-electron chi connectivity index (χ4n) is 1.02. The molecule has 0 aliphatic carbocycles. The van der Waals surface area contributed by atoms with Crippen LogP contribution in [0.2, 0.25) is 0 Å². The van der Waals surface area contributed by atoms with Gasteiger partial charge in [-0.2, -0.15) is 0 Å². The Balaban J connectivity index is 3.33. The molecule has 18 heavy (non-hydrogen) atoms. The smallest absolute Gasteiger partial charge is 0.318 e. The third kappa shape index (κ3) is 2.50. The zero-order valence-corrected chi connectivity index (χ0v) is 9.55. The molecular formula is C9H5F5O3S. The molecule has 0 N–H and O–H groups in total. The van der Waals surface area contributed by atoms with Crippen molar-refractivity contribution >= 4 is 16.8 Å². The van der Waals surface area contributed by atoms with Crippen molar-refractivity contribution in [2.24, 2.45) is 0 Å². The second-order valence-electron chi connectivity index (χ2n) is 2.97. The average Bonchev–Trinajstić information content (AvgIpc) is 2.34. The SMILES string of the molecule is COC(=O)CS(=O)c1c(F)c(F)c(F)c(F)c1F. The first-order chi connectivity index (χ1) is 8.31. The minimum atomic E-state index is -2.74. The second-order valence-corrected chi connectivity index (χ2v) is 4.35. The number of ether oxygens (including phenoxy) is 1. The molecule has 1 unspecified atom stereocenters. The van der Waals surface area contributed by atoms with E-state index >= 15 is 0 Å². The number of carbonyl (C=O) groups excluding carboxylic acids is 1. The quantitative estimate of drug-likeness (QED) is 0.368. The van der Waals surface area contributed by atoms with Crippen LogP contribution in [0.3, 0.4) is 0 Å². The monoisotopic (exact) mass is 288 g/mol. The van der Waals surface area contributed by atoms with E-state index in [0.717, 1.165) is 7.11 Å². The van der Waals surface area contributed by atoms with Gasteiger partial charge in [-0.1, -0.05) is 0 Å². The summed E-state index contributed by atoms with van der Waals surface area (Å²) in [5, 5.41) is 0. The van der Waals surface area contributed by atoms with Crippen molar-refractivity contribution in [1.29, 1.82) is 0 Å². The molecule has 3 nitrogen and oxygen atoms in total. The Bertz CT molecular complexity index is 502. The van der Waals surface area contributed by atoms with Crippen molar-refractivity contribution < 1.29 is 35.7 Å². The lowest BCUT2D eigenvalue weighted by Gasteiger charge is -2.07. The maximum atomic E-state index is 13.1. The Morgan fingerprint density at radius 2 is 1.39 bits per heavy atom. The summed E-state index contributed by atoms with van der Waals surface area (Å²) in [6.07, 6.45) is 0. The van der Waals surface area contributed by atoms with E-state index in [2.05, 4.69) is 4.74 Å². The van der Waals surface area contributed by atoms with Gasteiger partial charge in [-0.05, 0) is 0 Å². The predicted molar refractivity (Wildman–Crippen MR) is 49.5 cm³/mol. The van der Waals surface area contributed by atoms with Crippen LogP contribution in [0.4, 0.5) is 22.0 Å². The molecule has 1 aromatic carbocycles. The number of carbonyl (C=O) groups is 1. The molecule has 0 aromatic heterocycles. The fraction of sp³-hybridized carbons (Fsp3) is 0.222. The van der Waals surface area contributed by atoms with Crippen molar-refractivity contribution in [3.8, 4) is 0 Å². The number of hydrogen-bond donors (Lipinski definition) is 0. The van der Waals surface area contributed by atoms with Crippen molar-refractivity contribution in [3.63, 3.8) is 0 Å². The summed E-state index contributed by atoms with van der Waals surface area (Å²) >= 11 is 0. The molecule has 0 radical (unpaired) electrons. The number of hydrogen-bond acceptors (Lipinski definition) is 3. The van der Waals surface area contributed by atoms with Crippen LogP contribution in [0.25, 0.3) is 0 Å². The molecule has 100 valence electrons. The Morgan fingerprint density at radius 3 is 1.78 bits per heavy atom. The number of benzene rings is 1. The molecule has 0 amide bonds. The lowest BCUT2D eigenvalue weighted by molar-refractivity contribution is -0.137. The summed E-state index contributed by atoms with van der Waals surface area (Å²) in [7, 11) is -1.82. The van der Waals surface area contributed by atoms with Gasteiger partial charge in [-0.25, -0.2) is 22.0 Å². The molecule has 0 saturated heterocycles. The van der Waals surface area contributed by atoms with Crippen LogP contribution < -0.4 is 0 Å². The van der Waals surface area contributed by atoms with Crippen molar-refractivity contribution in [2.45, 2.75) is 4.90 Å². The van der Waals surface area contributed by atoms with Crippen LogP contribution in [0.1, 0.15) is 0 Å². The Kier molecular flexibility index (Phi) is 4.38. The maximum Gasteiger partial charge on any atom is 0.318 e. The highest BCUT2D eigenvalue weighted by atomic mass is 32.2. The van der Waals surface area contributed by atoms with Gasteiger partial charge < -0.3 is 4.74 Å². The van der Waals surface area contributed by atoms with Gasteiger partial charge in [0.2, 0.25) is 5.82 Å². The summed E-state index contributed by atoms with van der Waals surface area (Å²) in [6, 6.07) is 0. The summed E-state index contributed by atoms with van der Waals surface area (Å²) in [6.45, 7) is 0. The molecule has 0 spiro atoms. The topological polar surface area (TPSA) is 43.4 Å². The van der Waals surface area contributed by atoms with Crippen LogP contribution in [0.5, 0.6) is 0 Å². The van der Waals surface area contributed by atoms with E-state index in [9.17, 15) is 31.0 Å². The highest BCUT2D eigenvalue weighted by molar-refractivity contribution is 7.85. The molecule has 0 saturated carbocycles. The first-order valence-corrected chi connectivity index (χ1v) is 5.59. The molecule has 0 aliphatic rings. The van der Waals surface area contributed by atoms with E-state index in [0.29, 0.717) is 0 Å². The van der Waals surface area contributed by atoms with Crippen molar-refractivity contribution in [3.05, 3.63) is 29.1 Å². The van der Waals surface area contributed by atoms with Gasteiger partial charge in [0.25, 0.3) is 0 Å². The van der Waals surface area contributed by atoms with E-state index in [1.165, 1.54) is 0 Å². The van der Waals surface area contributed by atoms with Crippen LogP contribution in [-0.2, 0) is 20.3 Å². The molecule has 1 rings (SSSR count). The Labute approximate surface area is 100 Å². The largest absolute Gasteiger partial charge is 0.468 e. The van der Waals surface area contributed by atoms with Crippen LogP contribution in [-0.4, -0.2) is 23.0 Å². The standard InChI is InChI=1S/C9H5F5O3S/c1-17-3(15)2-18(16)9-7(13)5(11)4(10)6(12)8(9)14/h2H2,1H3. The van der Waals surface area contributed by atoms with Crippen LogP contribution in [0.15, 0.2) is 4.90 Å². The normalized spacial score (nSPS) is 12.3. The van der Waals surface area contributed by atoms with Gasteiger partial charge in [0.1, 0.15) is 10.6 Å². The van der Waals surface area contributed by atoms with Gasteiger partial charge in [0.05, 0.1) is 17.9 Å². The van der Waals surface area contributed by atoms with Gasteiger partial charge in [0, 0.05) is 0 Å². The molecule has 0 fully saturated rings. The summed E-state index contributed by atoms with van der Waals surface area (Å²) < 4.78 is 79.9. The van der Waals surface area contributed by atoms with E-state index in [4.69, 9.17) is 0 Å². The van der Waals surface area contributed by atoms with E-state index < -0.39 is 56.5 Å². The van der Waals surface area contributed by atoms with Gasteiger partial charge >= 0.3 is 5.97 Å². The number of rotatable bonds is 3. The van der Waals surface area contributed by atoms with Gasteiger partial charge in [0.15, 0.2) is 23.3 Å². The van der Waals surface area contributed by atoms with E-state index in [1.54, 1.807) is 0 Å². The van der Waals surface area contributed by atoms with Gasteiger partial charge in [-0.3, -0.25) is 9.00 Å². The third-order valence-electron chi connectivity index (χ3n) is 1.87. The van der Waals surface area contributed by atoms with Crippen LogP contribution in [0, 0.1) is 29.1 Å². The Morgan fingerprint density at radius 1 is 1.00 bits per heavy atom. The summed E-state index contributed by atoms with van der Waals surface area (Å²) in [5.41, 5.74) is 0. The summed E-state index contributed by atoms with van der Waals surface area (Å²) in [5.74, 6) is -13.4. The maximum absolute atomic E-state index is 13.1. The first kappa shape index (κ1) is 14.6. The molecule has 0 heterocycles. The van der Waals surface area contributed by atoms with Gasteiger partial charge in [-0.15, -0.1) is 0 Å². The lowest BCUT2D eigenvalue weighted by atomic mass is 10.3. The van der Waals surface area contributed by atoms with Crippen LogP contribution >= 0.6 is 0 Å². The third-order valence-corrected chi connectivity index (χ3v) is 3.19. The number of halogens is 5. The van der Waals surface area contributed by atoms with E-state index in [1.807, 2.05) is 0 Å². The van der Waals surface area contributed by atoms with Crippen molar-refractivity contribution in [1.82, 2.24) is 0 Å². The van der Waals surface area contributed by atoms with Crippen molar-refractivity contribution in [2.75, 3.05) is 12.9 Å².